The molecule has 0 heterocycles. The zero-order chi connectivity index (χ0) is 14.4. The molecule has 3 nitrogen and oxygen atoms in total. The molecule has 2 fully saturated rings. The minimum Gasteiger partial charge on any atom is -0.351 e. The first kappa shape index (κ1) is 13.3. The third-order valence-electron chi connectivity index (χ3n) is 5.29. The van der Waals surface area contributed by atoms with Crippen LogP contribution in [0, 0.1) is 16.7 Å². The number of ketones is 1. The van der Waals surface area contributed by atoms with Crippen LogP contribution in [-0.4, -0.2) is 11.7 Å². The van der Waals surface area contributed by atoms with E-state index in [2.05, 4.69) is 5.32 Å². The van der Waals surface area contributed by atoms with E-state index in [1.165, 1.54) is 0 Å². The maximum Gasteiger partial charge on any atom is 0.233 e. The Morgan fingerprint density at radius 3 is 2.60 bits per heavy atom. The molecule has 20 heavy (non-hydrogen) atoms. The first-order valence-corrected chi connectivity index (χ1v) is 7.34. The van der Waals surface area contributed by atoms with Crippen LogP contribution < -0.4 is 5.32 Å². The number of carbonyl (C=O) groups is 2. The van der Waals surface area contributed by atoms with E-state index < -0.39 is 5.41 Å². The van der Waals surface area contributed by atoms with Crippen LogP contribution >= 0.6 is 0 Å². The molecule has 106 valence electrons. The number of nitrogens with one attached hydrogen (secondary N) is 1. The first-order chi connectivity index (χ1) is 9.47. The van der Waals surface area contributed by atoms with E-state index in [9.17, 15) is 9.59 Å². The van der Waals surface area contributed by atoms with Gasteiger partial charge in [-0.3, -0.25) is 9.59 Å². The number of carbonyl (C=O) groups excluding carboxylic acids is 2. The van der Waals surface area contributed by atoms with E-state index in [1.54, 1.807) is 0 Å². The van der Waals surface area contributed by atoms with Crippen LogP contribution in [0.25, 0.3) is 0 Å². The predicted molar refractivity (Wildman–Crippen MR) is 76.9 cm³/mol. The lowest BCUT2D eigenvalue weighted by Crippen LogP contribution is -2.47. The van der Waals surface area contributed by atoms with E-state index in [0.29, 0.717) is 12.5 Å². The molecule has 0 aliphatic heterocycles. The monoisotopic (exact) mass is 271 g/mol. The van der Waals surface area contributed by atoms with Crippen molar-refractivity contribution in [3.8, 4) is 0 Å². The molecular formula is C17H21NO2. The first-order valence-electron chi connectivity index (χ1n) is 7.34. The van der Waals surface area contributed by atoms with Crippen molar-refractivity contribution in [2.45, 2.75) is 39.7 Å². The molecule has 2 aliphatic rings. The molecule has 0 saturated heterocycles. The van der Waals surface area contributed by atoms with Crippen molar-refractivity contribution in [1.82, 2.24) is 5.32 Å². The van der Waals surface area contributed by atoms with Crippen LogP contribution in [0.15, 0.2) is 30.3 Å². The van der Waals surface area contributed by atoms with Crippen molar-refractivity contribution in [3.63, 3.8) is 0 Å². The summed E-state index contributed by atoms with van der Waals surface area (Å²) in [7, 11) is 0. The largest absolute Gasteiger partial charge is 0.351 e. The Hall–Kier alpha value is -1.64. The molecule has 0 aromatic heterocycles. The topological polar surface area (TPSA) is 46.2 Å². The molecule has 1 N–H and O–H groups in total. The second-order valence-corrected chi connectivity index (χ2v) is 6.74. The number of rotatable bonds is 3. The van der Waals surface area contributed by atoms with E-state index >= 15 is 0 Å². The SMILES string of the molecule is CC1(C)C(=O)[C@@]2(C(=O)NCc3ccccc3)CC[C@H]1C2. The molecular weight excluding hydrogens is 250 g/mol. The van der Waals surface area contributed by atoms with Gasteiger partial charge >= 0.3 is 0 Å². The van der Waals surface area contributed by atoms with Gasteiger partial charge in [0.2, 0.25) is 5.91 Å². The Kier molecular flexibility index (Phi) is 2.96. The van der Waals surface area contributed by atoms with Gasteiger partial charge < -0.3 is 5.32 Å². The summed E-state index contributed by atoms with van der Waals surface area (Å²) in [6.45, 7) is 4.48. The van der Waals surface area contributed by atoms with Crippen LogP contribution in [0.5, 0.6) is 0 Å². The van der Waals surface area contributed by atoms with Gasteiger partial charge in [0.25, 0.3) is 0 Å². The van der Waals surface area contributed by atoms with Crippen molar-refractivity contribution < 1.29 is 9.59 Å². The van der Waals surface area contributed by atoms with Gasteiger partial charge in [0.1, 0.15) is 5.41 Å². The Labute approximate surface area is 119 Å². The summed E-state index contributed by atoms with van der Waals surface area (Å²) < 4.78 is 0. The molecule has 1 amide bonds. The third-order valence-corrected chi connectivity index (χ3v) is 5.29. The highest BCUT2D eigenvalue weighted by Gasteiger charge is 2.64. The molecule has 3 heteroatoms. The van der Waals surface area contributed by atoms with Crippen LogP contribution in [0.1, 0.15) is 38.7 Å². The normalized spacial score (nSPS) is 30.5. The van der Waals surface area contributed by atoms with Crippen LogP contribution in [0.2, 0.25) is 0 Å². The summed E-state index contributed by atoms with van der Waals surface area (Å²) in [4.78, 5) is 25.2. The Bertz CT molecular complexity index is 549. The fraction of sp³-hybridized carbons (Fsp3) is 0.529. The maximum atomic E-state index is 12.6. The van der Waals surface area contributed by atoms with E-state index in [-0.39, 0.29) is 17.1 Å². The highest BCUT2D eigenvalue weighted by molar-refractivity contribution is 6.10. The number of hydrogen-bond acceptors (Lipinski definition) is 2. The standard InChI is InChI=1S/C17H21NO2/c1-16(2)13-8-9-17(10-13,14(16)19)15(20)18-11-12-6-4-3-5-7-12/h3-7,13H,8-11H2,1-2H3,(H,18,20)/t13-,17+/m0/s1. The van der Waals surface area contributed by atoms with Crippen LogP contribution in [-0.2, 0) is 16.1 Å². The minimum atomic E-state index is -0.747. The quantitative estimate of drug-likeness (QED) is 0.859. The Morgan fingerprint density at radius 1 is 1.30 bits per heavy atom. The summed E-state index contributed by atoms with van der Waals surface area (Å²) in [5.41, 5.74) is -0.0119. The summed E-state index contributed by atoms with van der Waals surface area (Å²) in [5, 5.41) is 2.97. The molecule has 3 rings (SSSR count). The van der Waals surface area contributed by atoms with Gasteiger partial charge in [0.05, 0.1) is 0 Å². The smallest absolute Gasteiger partial charge is 0.233 e. The van der Waals surface area contributed by atoms with Gasteiger partial charge in [-0.1, -0.05) is 44.2 Å². The molecule has 2 aliphatic carbocycles. The van der Waals surface area contributed by atoms with Crippen LogP contribution in [0.4, 0.5) is 0 Å². The lowest BCUT2D eigenvalue weighted by molar-refractivity contribution is -0.145. The van der Waals surface area contributed by atoms with Crippen molar-refractivity contribution in [2.24, 2.45) is 16.7 Å². The van der Waals surface area contributed by atoms with Gasteiger partial charge in [-0.25, -0.2) is 0 Å². The number of hydrogen-bond donors (Lipinski definition) is 1. The fourth-order valence-corrected chi connectivity index (χ4v) is 3.93. The highest BCUT2D eigenvalue weighted by atomic mass is 16.2. The summed E-state index contributed by atoms with van der Waals surface area (Å²) in [6, 6.07) is 9.82. The molecule has 2 atom stereocenters. The molecule has 2 saturated carbocycles. The van der Waals surface area contributed by atoms with Crippen LogP contribution in [0.3, 0.4) is 0 Å². The van der Waals surface area contributed by atoms with Gasteiger partial charge in [-0.05, 0) is 30.7 Å². The average Bonchev–Trinajstić information content (AvgIpc) is 2.98. The van der Waals surface area contributed by atoms with Crippen molar-refractivity contribution in [3.05, 3.63) is 35.9 Å². The Balaban J connectivity index is 1.73. The molecule has 1 aromatic rings. The predicted octanol–water partition coefficient (Wildman–Crippen LogP) is 2.70. The molecule has 2 bridgehead atoms. The van der Waals surface area contributed by atoms with Crippen molar-refractivity contribution in [1.29, 1.82) is 0 Å². The lowest BCUT2D eigenvalue weighted by atomic mass is 9.70. The summed E-state index contributed by atoms with van der Waals surface area (Å²) in [6.07, 6.45) is 2.46. The number of benzene rings is 1. The summed E-state index contributed by atoms with van der Waals surface area (Å²) >= 11 is 0. The molecule has 0 spiro atoms. The maximum absolute atomic E-state index is 12.6. The number of amides is 1. The van der Waals surface area contributed by atoms with Gasteiger partial charge in [-0.15, -0.1) is 0 Å². The summed E-state index contributed by atoms with van der Waals surface area (Å²) in [5.74, 6) is 0.448. The minimum absolute atomic E-state index is 0.0700. The van der Waals surface area contributed by atoms with Gasteiger partial charge in [-0.2, -0.15) is 0 Å². The van der Waals surface area contributed by atoms with Crippen molar-refractivity contribution >= 4 is 11.7 Å². The zero-order valence-corrected chi connectivity index (χ0v) is 12.1. The second-order valence-electron chi connectivity index (χ2n) is 6.74. The third kappa shape index (κ3) is 1.80. The average molecular weight is 271 g/mol. The number of Topliss-reactive ketones (excluding diaryl/α,β-unsaturated/α-hetero) is 1. The van der Waals surface area contributed by atoms with E-state index in [4.69, 9.17) is 0 Å². The molecule has 0 radical (unpaired) electrons. The van der Waals surface area contributed by atoms with Gasteiger partial charge in [0, 0.05) is 12.0 Å². The molecule has 0 unspecified atom stereocenters. The van der Waals surface area contributed by atoms with E-state index in [1.807, 2.05) is 44.2 Å². The van der Waals surface area contributed by atoms with E-state index in [0.717, 1.165) is 24.8 Å². The van der Waals surface area contributed by atoms with Crippen molar-refractivity contribution in [2.75, 3.05) is 0 Å². The zero-order valence-electron chi connectivity index (χ0n) is 12.1. The fourth-order valence-electron chi connectivity index (χ4n) is 3.93. The Morgan fingerprint density at radius 2 is 2.00 bits per heavy atom. The molecule has 1 aromatic carbocycles. The highest BCUT2D eigenvalue weighted by Crippen LogP contribution is 2.60. The van der Waals surface area contributed by atoms with Gasteiger partial charge in [0.15, 0.2) is 5.78 Å². The number of fused-ring (bicyclic) bond motifs is 2. The second kappa shape index (κ2) is 4.44. The lowest BCUT2D eigenvalue weighted by Gasteiger charge is -2.32.